The van der Waals surface area contributed by atoms with Crippen molar-refractivity contribution in [2.75, 3.05) is 12.0 Å². The number of benzene rings is 1. The van der Waals surface area contributed by atoms with Gasteiger partial charge in [-0.1, -0.05) is 6.07 Å². The maximum atomic E-state index is 8.59. The van der Waals surface area contributed by atoms with Gasteiger partial charge in [-0.05, 0) is 13.0 Å². The average Bonchev–Trinajstić information content (AvgIpc) is 2.21. The van der Waals surface area contributed by atoms with E-state index in [1.807, 2.05) is 19.1 Å². The molecule has 0 spiro atoms. The first-order chi connectivity index (χ1) is 6.81. The number of hydrazine groups is 1. The average molecular weight is 191 g/mol. The van der Waals surface area contributed by atoms with Crippen LogP contribution in [0.1, 0.15) is 12.5 Å². The lowest BCUT2D eigenvalue weighted by Crippen LogP contribution is -2.07. The van der Waals surface area contributed by atoms with Gasteiger partial charge in [0.25, 0.3) is 0 Å². The number of anilines is 1. The Morgan fingerprint density at radius 3 is 2.93 bits per heavy atom. The lowest BCUT2D eigenvalue weighted by molar-refractivity contribution is 0.337. The van der Waals surface area contributed by atoms with E-state index >= 15 is 0 Å². The fourth-order valence-electron chi connectivity index (χ4n) is 1.17. The maximum absolute atomic E-state index is 8.59. The number of nitrogen functional groups attached to an aromatic ring is 1. The molecule has 3 N–H and O–H groups in total. The van der Waals surface area contributed by atoms with Crippen LogP contribution in [0.15, 0.2) is 18.2 Å². The molecule has 1 aromatic rings. The molecule has 0 fully saturated rings. The zero-order valence-electron chi connectivity index (χ0n) is 8.08. The van der Waals surface area contributed by atoms with E-state index in [9.17, 15) is 0 Å². The molecule has 0 aliphatic heterocycles. The van der Waals surface area contributed by atoms with E-state index in [2.05, 4.69) is 11.5 Å². The van der Waals surface area contributed by atoms with Gasteiger partial charge in [-0.25, -0.2) is 0 Å². The maximum Gasteiger partial charge on any atom is 0.125 e. The van der Waals surface area contributed by atoms with Gasteiger partial charge in [0, 0.05) is 11.6 Å². The van der Waals surface area contributed by atoms with Crippen LogP contribution in [0.5, 0.6) is 5.75 Å². The Hall–Kier alpha value is -1.73. The van der Waals surface area contributed by atoms with Crippen molar-refractivity contribution in [3.63, 3.8) is 0 Å². The number of hydrogen-bond donors (Lipinski definition) is 2. The largest absolute Gasteiger partial charge is 0.493 e. The lowest BCUT2D eigenvalue weighted by atomic mass is 10.1. The van der Waals surface area contributed by atoms with E-state index in [0.29, 0.717) is 18.8 Å². The SMILES string of the molecule is CCOc1cc(NN)ccc1CC#N. The van der Waals surface area contributed by atoms with Crippen LogP contribution in [0.25, 0.3) is 0 Å². The molecule has 0 amide bonds. The topological polar surface area (TPSA) is 71.1 Å². The molecule has 1 rings (SSSR count). The smallest absolute Gasteiger partial charge is 0.125 e. The summed E-state index contributed by atoms with van der Waals surface area (Å²) in [4.78, 5) is 0. The highest BCUT2D eigenvalue weighted by Gasteiger charge is 2.03. The van der Waals surface area contributed by atoms with Crippen molar-refractivity contribution in [1.29, 1.82) is 5.26 Å². The van der Waals surface area contributed by atoms with E-state index < -0.39 is 0 Å². The third-order valence-corrected chi connectivity index (χ3v) is 1.80. The lowest BCUT2D eigenvalue weighted by Gasteiger charge is -2.09. The quantitative estimate of drug-likeness (QED) is 0.558. The normalized spacial score (nSPS) is 9.21. The van der Waals surface area contributed by atoms with E-state index in [0.717, 1.165) is 11.3 Å². The summed E-state index contributed by atoms with van der Waals surface area (Å²) in [7, 11) is 0. The highest BCUT2D eigenvalue weighted by atomic mass is 16.5. The number of nitrogens with one attached hydrogen (secondary N) is 1. The first-order valence-corrected chi connectivity index (χ1v) is 4.41. The predicted octanol–water partition coefficient (Wildman–Crippen LogP) is 1.44. The van der Waals surface area contributed by atoms with Crippen LogP contribution in [0.3, 0.4) is 0 Å². The van der Waals surface area contributed by atoms with Gasteiger partial charge in [-0.2, -0.15) is 5.26 Å². The minimum absolute atomic E-state index is 0.347. The van der Waals surface area contributed by atoms with Gasteiger partial charge in [0.2, 0.25) is 0 Å². The van der Waals surface area contributed by atoms with Gasteiger partial charge < -0.3 is 10.2 Å². The van der Waals surface area contributed by atoms with Crippen molar-refractivity contribution in [1.82, 2.24) is 0 Å². The fourth-order valence-corrected chi connectivity index (χ4v) is 1.17. The Kier molecular flexibility index (Phi) is 3.77. The molecule has 1 aromatic carbocycles. The summed E-state index contributed by atoms with van der Waals surface area (Å²) >= 11 is 0. The number of nitrogens with two attached hydrogens (primary N) is 1. The summed E-state index contributed by atoms with van der Waals surface area (Å²) in [5, 5.41) is 8.59. The van der Waals surface area contributed by atoms with E-state index in [-0.39, 0.29) is 0 Å². The molecule has 74 valence electrons. The van der Waals surface area contributed by atoms with Gasteiger partial charge in [0.1, 0.15) is 5.75 Å². The van der Waals surface area contributed by atoms with Crippen molar-refractivity contribution in [3.05, 3.63) is 23.8 Å². The molecule has 0 radical (unpaired) electrons. The summed E-state index contributed by atoms with van der Waals surface area (Å²) in [6, 6.07) is 7.53. The Morgan fingerprint density at radius 1 is 1.57 bits per heavy atom. The molecule has 0 saturated heterocycles. The Morgan fingerprint density at radius 2 is 2.36 bits per heavy atom. The van der Waals surface area contributed by atoms with Crippen LogP contribution < -0.4 is 16.0 Å². The van der Waals surface area contributed by atoms with Crippen LogP contribution in [0.4, 0.5) is 5.69 Å². The number of hydrogen-bond acceptors (Lipinski definition) is 4. The van der Waals surface area contributed by atoms with Crippen LogP contribution >= 0.6 is 0 Å². The highest BCUT2D eigenvalue weighted by molar-refractivity contribution is 5.51. The standard InChI is InChI=1S/C10H13N3O/c1-2-14-10-7-9(13-12)4-3-8(10)5-6-11/h3-4,7,13H,2,5,12H2,1H3. The first kappa shape index (κ1) is 10.4. The molecule has 14 heavy (non-hydrogen) atoms. The molecule has 0 atom stereocenters. The van der Waals surface area contributed by atoms with Crippen molar-refractivity contribution in [2.45, 2.75) is 13.3 Å². The summed E-state index contributed by atoms with van der Waals surface area (Å²) in [6.07, 6.45) is 0.347. The van der Waals surface area contributed by atoms with Crippen molar-refractivity contribution < 1.29 is 4.74 Å². The summed E-state index contributed by atoms with van der Waals surface area (Å²) < 4.78 is 5.39. The predicted molar refractivity (Wildman–Crippen MR) is 54.7 cm³/mol. The molecule has 0 bridgehead atoms. The minimum atomic E-state index is 0.347. The third kappa shape index (κ3) is 2.38. The Balaban J connectivity index is 2.98. The summed E-state index contributed by atoms with van der Waals surface area (Å²) in [5.74, 6) is 5.98. The fraction of sp³-hybridized carbons (Fsp3) is 0.300. The van der Waals surface area contributed by atoms with Crippen LogP contribution in [-0.2, 0) is 6.42 Å². The van der Waals surface area contributed by atoms with Crippen LogP contribution in [-0.4, -0.2) is 6.61 Å². The summed E-state index contributed by atoms with van der Waals surface area (Å²) in [6.45, 7) is 2.48. The van der Waals surface area contributed by atoms with E-state index in [1.54, 1.807) is 6.07 Å². The van der Waals surface area contributed by atoms with Crippen molar-refractivity contribution >= 4 is 5.69 Å². The second-order valence-corrected chi connectivity index (χ2v) is 2.73. The van der Waals surface area contributed by atoms with E-state index in [4.69, 9.17) is 15.8 Å². The first-order valence-electron chi connectivity index (χ1n) is 4.41. The van der Waals surface area contributed by atoms with Gasteiger partial charge in [-0.15, -0.1) is 0 Å². The van der Waals surface area contributed by atoms with Crippen LogP contribution in [0, 0.1) is 11.3 Å². The monoisotopic (exact) mass is 191 g/mol. The summed E-state index contributed by atoms with van der Waals surface area (Å²) in [5.41, 5.74) is 4.19. The number of rotatable bonds is 4. The van der Waals surface area contributed by atoms with Crippen LogP contribution in [0.2, 0.25) is 0 Å². The molecule has 0 aliphatic carbocycles. The zero-order chi connectivity index (χ0) is 10.4. The Labute approximate surface area is 83.3 Å². The molecule has 0 heterocycles. The zero-order valence-corrected chi connectivity index (χ0v) is 8.08. The van der Waals surface area contributed by atoms with Gasteiger partial charge in [-0.3, -0.25) is 5.84 Å². The second kappa shape index (κ2) is 5.10. The number of nitriles is 1. The van der Waals surface area contributed by atoms with Gasteiger partial charge >= 0.3 is 0 Å². The molecule has 0 aliphatic rings. The second-order valence-electron chi connectivity index (χ2n) is 2.73. The molecular weight excluding hydrogens is 178 g/mol. The van der Waals surface area contributed by atoms with E-state index in [1.165, 1.54) is 0 Å². The van der Waals surface area contributed by atoms with Crippen molar-refractivity contribution in [2.24, 2.45) is 5.84 Å². The molecule has 0 unspecified atom stereocenters. The number of ether oxygens (including phenoxy) is 1. The molecule has 4 heteroatoms. The molecular formula is C10H13N3O. The molecule has 0 saturated carbocycles. The Bertz CT molecular complexity index is 344. The minimum Gasteiger partial charge on any atom is -0.493 e. The molecule has 0 aromatic heterocycles. The third-order valence-electron chi connectivity index (χ3n) is 1.80. The highest BCUT2D eigenvalue weighted by Crippen LogP contribution is 2.23. The number of nitrogens with zero attached hydrogens (tertiary/aromatic N) is 1. The van der Waals surface area contributed by atoms with Gasteiger partial charge in [0.15, 0.2) is 0 Å². The van der Waals surface area contributed by atoms with Crippen molar-refractivity contribution in [3.8, 4) is 11.8 Å². The van der Waals surface area contributed by atoms with Gasteiger partial charge in [0.05, 0.1) is 24.8 Å². The molecule has 4 nitrogen and oxygen atoms in total.